The van der Waals surface area contributed by atoms with Crippen LogP contribution in [0, 0.1) is 5.92 Å². The van der Waals surface area contributed by atoms with Gasteiger partial charge in [0.2, 0.25) is 0 Å². The minimum Gasteiger partial charge on any atom is -0.493 e. The molecular formula is C23H26F3NO4. The number of halogens is 3. The van der Waals surface area contributed by atoms with E-state index >= 15 is 0 Å². The van der Waals surface area contributed by atoms with Crippen LogP contribution in [-0.4, -0.2) is 42.8 Å². The summed E-state index contributed by atoms with van der Waals surface area (Å²) in [4.78, 5) is 13.4. The number of hydrogen-bond acceptors (Lipinski definition) is 4. The molecule has 0 radical (unpaired) electrons. The van der Waals surface area contributed by atoms with Gasteiger partial charge in [0.05, 0.1) is 31.2 Å². The zero-order valence-electron chi connectivity index (χ0n) is 17.5. The Morgan fingerprint density at radius 2 is 1.97 bits per heavy atom. The van der Waals surface area contributed by atoms with Crippen LogP contribution in [0.4, 0.5) is 13.2 Å². The third-order valence-electron chi connectivity index (χ3n) is 5.53. The lowest BCUT2D eigenvalue weighted by Crippen LogP contribution is -2.41. The van der Waals surface area contributed by atoms with Gasteiger partial charge in [-0.1, -0.05) is 24.3 Å². The number of methoxy groups -OCH3 is 1. The summed E-state index contributed by atoms with van der Waals surface area (Å²) < 4.78 is 52.5. The van der Waals surface area contributed by atoms with Gasteiger partial charge in [-0.15, -0.1) is 0 Å². The van der Waals surface area contributed by atoms with Gasteiger partial charge in [-0.3, -0.25) is 9.69 Å². The topological polar surface area (TPSA) is 59.0 Å². The van der Waals surface area contributed by atoms with Gasteiger partial charge in [0, 0.05) is 6.54 Å². The average molecular weight is 437 g/mol. The molecule has 1 N–H and O–H groups in total. The maximum absolute atomic E-state index is 13.9. The second-order valence-electron chi connectivity index (χ2n) is 7.50. The first-order valence-corrected chi connectivity index (χ1v) is 10.2. The van der Waals surface area contributed by atoms with Gasteiger partial charge >= 0.3 is 12.1 Å². The van der Waals surface area contributed by atoms with Crippen molar-refractivity contribution in [3.05, 3.63) is 59.2 Å². The Bertz CT molecular complexity index is 916. The molecule has 0 aliphatic carbocycles. The van der Waals surface area contributed by atoms with Crippen LogP contribution < -0.4 is 9.47 Å². The molecule has 2 aromatic carbocycles. The first-order chi connectivity index (χ1) is 14.8. The van der Waals surface area contributed by atoms with E-state index in [0.717, 1.165) is 6.07 Å². The van der Waals surface area contributed by atoms with Gasteiger partial charge in [0.25, 0.3) is 0 Å². The number of carboxylic acids is 1. The highest BCUT2D eigenvalue weighted by molar-refractivity contribution is 5.70. The largest absolute Gasteiger partial charge is 0.493 e. The van der Waals surface area contributed by atoms with E-state index in [-0.39, 0.29) is 12.1 Å². The van der Waals surface area contributed by atoms with Gasteiger partial charge in [0.1, 0.15) is 0 Å². The normalized spacial score (nSPS) is 18.4. The van der Waals surface area contributed by atoms with Gasteiger partial charge in [-0.05, 0) is 55.6 Å². The second-order valence-corrected chi connectivity index (χ2v) is 7.50. The SMILES string of the molecule is CCOc1cc(C(c2ccccc2C(F)(F)F)N2CCCC(C(=O)O)C2)ccc1OC. The quantitative estimate of drug-likeness (QED) is 0.661. The number of carbonyl (C=O) groups is 1. The molecule has 1 fully saturated rings. The number of likely N-dealkylation sites (tertiary alicyclic amines) is 1. The maximum atomic E-state index is 13.9. The molecule has 0 saturated carbocycles. The van der Waals surface area contributed by atoms with E-state index in [0.29, 0.717) is 43.1 Å². The molecule has 0 bridgehead atoms. The van der Waals surface area contributed by atoms with Crippen LogP contribution in [0.2, 0.25) is 0 Å². The summed E-state index contributed by atoms with van der Waals surface area (Å²) in [6, 6.07) is 9.75. The predicted octanol–water partition coefficient (Wildman–Crippen LogP) is 5.00. The van der Waals surface area contributed by atoms with Crippen molar-refractivity contribution in [3.8, 4) is 11.5 Å². The molecule has 168 valence electrons. The fourth-order valence-electron chi connectivity index (χ4n) is 4.15. The molecular weight excluding hydrogens is 411 g/mol. The number of rotatable bonds is 7. The summed E-state index contributed by atoms with van der Waals surface area (Å²) in [7, 11) is 1.50. The summed E-state index contributed by atoms with van der Waals surface area (Å²) >= 11 is 0. The van der Waals surface area contributed by atoms with Crippen LogP contribution >= 0.6 is 0 Å². The van der Waals surface area contributed by atoms with Gasteiger partial charge in [0.15, 0.2) is 11.5 Å². The molecule has 1 heterocycles. The Morgan fingerprint density at radius 1 is 1.23 bits per heavy atom. The molecule has 2 aromatic rings. The van der Waals surface area contributed by atoms with Crippen molar-refractivity contribution < 1.29 is 32.5 Å². The number of nitrogens with zero attached hydrogens (tertiary/aromatic N) is 1. The first-order valence-electron chi connectivity index (χ1n) is 10.2. The Hall–Kier alpha value is -2.74. The molecule has 2 atom stereocenters. The maximum Gasteiger partial charge on any atom is 0.416 e. The van der Waals surface area contributed by atoms with Crippen LogP contribution in [0.5, 0.6) is 11.5 Å². The number of piperidine rings is 1. The third-order valence-corrected chi connectivity index (χ3v) is 5.53. The first kappa shape index (κ1) is 22.9. The van der Waals surface area contributed by atoms with E-state index in [2.05, 4.69) is 0 Å². The Morgan fingerprint density at radius 3 is 2.61 bits per heavy atom. The lowest BCUT2D eigenvalue weighted by atomic mass is 9.89. The van der Waals surface area contributed by atoms with Crippen LogP contribution in [0.15, 0.2) is 42.5 Å². The molecule has 0 amide bonds. The van der Waals surface area contributed by atoms with Gasteiger partial charge in [-0.25, -0.2) is 0 Å². The fraction of sp³-hybridized carbons (Fsp3) is 0.435. The minimum absolute atomic E-state index is 0.0913. The number of aliphatic carboxylic acids is 1. The smallest absolute Gasteiger partial charge is 0.416 e. The molecule has 1 aliphatic heterocycles. The van der Waals surface area contributed by atoms with Crippen LogP contribution in [-0.2, 0) is 11.0 Å². The van der Waals surface area contributed by atoms with Crippen molar-refractivity contribution in [1.82, 2.24) is 4.90 Å². The Kier molecular flexibility index (Phi) is 7.10. The van der Waals surface area contributed by atoms with Crippen LogP contribution in [0.1, 0.15) is 42.5 Å². The van der Waals surface area contributed by atoms with Crippen LogP contribution in [0.25, 0.3) is 0 Å². The molecule has 1 saturated heterocycles. The Balaban J connectivity index is 2.15. The zero-order valence-corrected chi connectivity index (χ0v) is 17.5. The van der Waals surface area contributed by atoms with E-state index in [4.69, 9.17) is 9.47 Å². The van der Waals surface area contributed by atoms with E-state index in [1.54, 1.807) is 24.3 Å². The summed E-state index contributed by atoms with van der Waals surface area (Å²) in [6.45, 7) is 2.85. The average Bonchev–Trinajstić information content (AvgIpc) is 2.74. The van der Waals surface area contributed by atoms with Crippen molar-refractivity contribution in [1.29, 1.82) is 0 Å². The zero-order chi connectivity index (χ0) is 22.6. The molecule has 5 nitrogen and oxygen atoms in total. The summed E-state index contributed by atoms with van der Waals surface area (Å²) in [5.74, 6) is -0.643. The van der Waals surface area contributed by atoms with Crippen molar-refractivity contribution in [3.63, 3.8) is 0 Å². The third kappa shape index (κ3) is 5.12. The molecule has 1 aliphatic rings. The summed E-state index contributed by atoms with van der Waals surface area (Å²) in [5, 5.41) is 9.50. The Labute approximate surface area is 179 Å². The molecule has 31 heavy (non-hydrogen) atoms. The molecule has 2 unspecified atom stereocenters. The van der Waals surface area contributed by atoms with Crippen molar-refractivity contribution in [2.45, 2.75) is 32.0 Å². The number of benzene rings is 2. The predicted molar refractivity (Wildman–Crippen MR) is 109 cm³/mol. The van der Waals surface area contributed by atoms with Crippen molar-refractivity contribution in [2.24, 2.45) is 5.92 Å². The molecule has 0 aromatic heterocycles. The highest BCUT2D eigenvalue weighted by atomic mass is 19.4. The highest BCUT2D eigenvalue weighted by Gasteiger charge is 2.38. The monoisotopic (exact) mass is 437 g/mol. The summed E-state index contributed by atoms with van der Waals surface area (Å²) in [6.07, 6.45) is -3.44. The number of alkyl halides is 3. The van der Waals surface area contributed by atoms with Crippen LogP contribution in [0.3, 0.4) is 0 Å². The molecule has 0 spiro atoms. The standard InChI is InChI=1S/C23H26F3NO4/c1-3-31-20-13-15(10-11-19(20)30-2)21(27-12-6-7-16(14-27)22(28)29)17-8-4-5-9-18(17)23(24,25)26/h4-5,8-11,13,16,21H,3,6-7,12,14H2,1-2H3,(H,28,29). The van der Waals surface area contributed by atoms with Gasteiger partial charge < -0.3 is 14.6 Å². The summed E-state index contributed by atoms with van der Waals surface area (Å²) in [5.41, 5.74) is -0.0492. The lowest BCUT2D eigenvalue weighted by molar-refractivity contribution is -0.144. The van der Waals surface area contributed by atoms with E-state index < -0.39 is 29.7 Å². The highest BCUT2D eigenvalue weighted by Crippen LogP contribution is 2.42. The number of carboxylic acid groups (broad SMARTS) is 1. The second kappa shape index (κ2) is 9.60. The number of hydrogen-bond donors (Lipinski definition) is 1. The fourth-order valence-corrected chi connectivity index (χ4v) is 4.15. The van der Waals surface area contributed by atoms with E-state index in [1.807, 2.05) is 11.8 Å². The molecule has 3 rings (SSSR count). The van der Waals surface area contributed by atoms with Crippen molar-refractivity contribution >= 4 is 5.97 Å². The van der Waals surface area contributed by atoms with E-state index in [1.165, 1.54) is 19.2 Å². The van der Waals surface area contributed by atoms with E-state index in [9.17, 15) is 23.1 Å². The number of ether oxygens (including phenoxy) is 2. The minimum atomic E-state index is -4.54. The van der Waals surface area contributed by atoms with Crippen molar-refractivity contribution in [2.75, 3.05) is 26.8 Å². The lowest BCUT2D eigenvalue weighted by Gasteiger charge is -2.38. The van der Waals surface area contributed by atoms with Gasteiger partial charge in [-0.2, -0.15) is 13.2 Å². The molecule has 8 heteroatoms.